The van der Waals surface area contributed by atoms with E-state index in [1.807, 2.05) is 6.07 Å². The maximum absolute atomic E-state index is 5.73. The van der Waals surface area contributed by atoms with Crippen LogP contribution in [0.1, 0.15) is 31.7 Å². The summed E-state index contributed by atoms with van der Waals surface area (Å²) in [5.74, 6) is 1.94. The van der Waals surface area contributed by atoms with E-state index in [2.05, 4.69) is 23.7 Å². The molecule has 4 heteroatoms. The van der Waals surface area contributed by atoms with Crippen LogP contribution >= 0.6 is 12.4 Å². The summed E-state index contributed by atoms with van der Waals surface area (Å²) < 4.78 is 0. The number of hydrogen-bond acceptors (Lipinski definition) is 3. The molecule has 1 aromatic rings. The Kier molecular flexibility index (Phi) is 5.06. The van der Waals surface area contributed by atoms with Gasteiger partial charge in [-0.2, -0.15) is 0 Å². The number of anilines is 2. The average molecular weight is 256 g/mol. The fourth-order valence-electron chi connectivity index (χ4n) is 2.51. The molecule has 1 aliphatic rings. The van der Waals surface area contributed by atoms with E-state index < -0.39 is 0 Å². The van der Waals surface area contributed by atoms with Gasteiger partial charge in [-0.3, -0.25) is 0 Å². The highest BCUT2D eigenvalue weighted by molar-refractivity contribution is 5.85. The SMILES string of the molecule is CCC1CCCN(c2ncc(N)cc2C)C1.Cl. The number of rotatable bonds is 2. The zero-order chi connectivity index (χ0) is 11.5. The van der Waals surface area contributed by atoms with Gasteiger partial charge in [0.25, 0.3) is 0 Å². The number of aromatic nitrogens is 1. The van der Waals surface area contributed by atoms with Crippen molar-refractivity contribution >= 4 is 23.9 Å². The Morgan fingerprint density at radius 1 is 1.53 bits per heavy atom. The topological polar surface area (TPSA) is 42.2 Å². The van der Waals surface area contributed by atoms with Crippen LogP contribution in [0, 0.1) is 12.8 Å². The van der Waals surface area contributed by atoms with Crippen LogP contribution in [-0.4, -0.2) is 18.1 Å². The van der Waals surface area contributed by atoms with Gasteiger partial charge in [-0.25, -0.2) is 4.98 Å². The van der Waals surface area contributed by atoms with Gasteiger partial charge in [0.2, 0.25) is 0 Å². The molecule has 2 N–H and O–H groups in total. The maximum atomic E-state index is 5.73. The molecule has 0 amide bonds. The largest absolute Gasteiger partial charge is 0.397 e. The molecular formula is C13H22ClN3. The highest BCUT2D eigenvalue weighted by Gasteiger charge is 2.20. The molecule has 1 unspecified atom stereocenters. The van der Waals surface area contributed by atoms with Crippen LogP contribution in [0.15, 0.2) is 12.3 Å². The Morgan fingerprint density at radius 3 is 2.94 bits per heavy atom. The van der Waals surface area contributed by atoms with E-state index in [9.17, 15) is 0 Å². The first kappa shape index (κ1) is 14.1. The maximum Gasteiger partial charge on any atom is 0.131 e. The van der Waals surface area contributed by atoms with Crippen molar-refractivity contribution in [3.8, 4) is 0 Å². The zero-order valence-electron chi connectivity index (χ0n) is 10.6. The second kappa shape index (κ2) is 6.10. The molecule has 2 heterocycles. The van der Waals surface area contributed by atoms with Gasteiger partial charge in [0, 0.05) is 13.1 Å². The lowest BCUT2D eigenvalue weighted by atomic mass is 9.95. The molecule has 96 valence electrons. The predicted octanol–water partition coefficient (Wildman–Crippen LogP) is 3.02. The summed E-state index contributed by atoms with van der Waals surface area (Å²) in [6, 6.07) is 2.01. The minimum absolute atomic E-state index is 0. The lowest BCUT2D eigenvalue weighted by molar-refractivity contribution is 0.402. The standard InChI is InChI=1S/C13H21N3.ClH/c1-3-11-5-4-6-16(9-11)13-10(2)7-12(14)8-15-13;/h7-8,11H,3-6,9,14H2,1-2H3;1H. The highest BCUT2D eigenvalue weighted by atomic mass is 35.5. The molecule has 0 spiro atoms. The first-order chi connectivity index (χ1) is 7.70. The third-order valence-electron chi connectivity index (χ3n) is 3.47. The summed E-state index contributed by atoms with van der Waals surface area (Å²) in [4.78, 5) is 6.88. The molecule has 17 heavy (non-hydrogen) atoms. The summed E-state index contributed by atoms with van der Waals surface area (Å²) in [5.41, 5.74) is 7.68. The first-order valence-electron chi connectivity index (χ1n) is 6.17. The number of pyridine rings is 1. The smallest absolute Gasteiger partial charge is 0.131 e. The quantitative estimate of drug-likeness (QED) is 0.883. The van der Waals surface area contributed by atoms with E-state index in [4.69, 9.17) is 5.73 Å². The summed E-state index contributed by atoms with van der Waals surface area (Å²) in [6.07, 6.45) is 5.67. The Labute approximate surface area is 110 Å². The van der Waals surface area contributed by atoms with Crippen molar-refractivity contribution in [3.63, 3.8) is 0 Å². The molecule has 1 aromatic heterocycles. The molecule has 3 nitrogen and oxygen atoms in total. The van der Waals surface area contributed by atoms with Crippen LogP contribution in [0.2, 0.25) is 0 Å². The van der Waals surface area contributed by atoms with Gasteiger partial charge < -0.3 is 10.6 Å². The molecule has 1 saturated heterocycles. The number of piperidine rings is 1. The molecule has 0 saturated carbocycles. The predicted molar refractivity (Wildman–Crippen MR) is 75.9 cm³/mol. The molecule has 0 radical (unpaired) electrons. The molecule has 0 aliphatic carbocycles. The summed E-state index contributed by atoms with van der Waals surface area (Å²) in [6.45, 7) is 6.65. The van der Waals surface area contributed by atoms with Gasteiger partial charge in [-0.1, -0.05) is 13.3 Å². The third kappa shape index (κ3) is 3.25. The minimum atomic E-state index is 0. The minimum Gasteiger partial charge on any atom is -0.397 e. The number of nitrogens with zero attached hydrogens (tertiary/aromatic N) is 2. The van der Waals surface area contributed by atoms with Crippen LogP contribution in [-0.2, 0) is 0 Å². The van der Waals surface area contributed by atoms with Gasteiger partial charge in [0.05, 0.1) is 11.9 Å². The monoisotopic (exact) mass is 255 g/mol. The molecule has 0 bridgehead atoms. The Balaban J connectivity index is 0.00000144. The van der Waals surface area contributed by atoms with Gasteiger partial charge in [0.15, 0.2) is 0 Å². The number of nitrogen functional groups attached to an aromatic ring is 1. The van der Waals surface area contributed by atoms with Crippen LogP contribution in [0.5, 0.6) is 0 Å². The lowest BCUT2D eigenvalue weighted by Gasteiger charge is -2.34. The second-order valence-corrected chi connectivity index (χ2v) is 4.77. The Hall–Kier alpha value is -0.960. The van der Waals surface area contributed by atoms with E-state index in [0.717, 1.165) is 30.5 Å². The summed E-state index contributed by atoms with van der Waals surface area (Å²) in [7, 11) is 0. The van der Waals surface area contributed by atoms with Crippen LogP contribution in [0.25, 0.3) is 0 Å². The van der Waals surface area contributed by atoms with Crippen molar-refractivity contribution in [1.82, 2.24) is 4.98 Å². The van der Waals surface area contributed by atoms with Gasteiger partial charge in [-0.15, -0.1) is 12.4 Å². The van der Waals surface area contributed by atoms with Crippen LogP contribution < -0.4 is 10.6 Å². The number of nitrogens with two attached hydrogens (primary N) is 1. The molecule has 1 fully saturated rings. The van der Waals surface area contributed by atoms with Crippen molar-refractivity contribution in [2.24, 2.45) is 5.92 Å². The fraction of sp³-hybridized carbons (Fsp3) is 0.615. The van der Waals surface area contributed by atoms with E-state index >= 15 is 0 Å². The lowest BCUT2D eigenvalue weighted by Crippen LogP contribution is -2.36. The molecular weight excluding hydrogens is 234 g/mol. The normalized spacial score (nSPS) is 19.9. The van der Waals surface area contributed by atoms with Crippen molar-refractivity contribution in [2.45, 2.75) is 33.1 Å². The average Bonchev–Trinajstić information content (AvgIpc) is 2.29. The highest BCUT2D eigenvalue weighted by Crippen LogP contribution is 2.26. The van der Waals surface area contributed by atoms with Crippen molar-refractivity contribution < 1.29 is 0 Å². The third-order valence-corrected chi connectivity index (χ3v) is 3.47. The number of aryl methyl sites for hydroxylation is 1. The van der Waals surface area contributed by atoms with Crippen molar-refractivity contribution in [2.75, 3.05) is 23.7 Å². The van der Waals surface area contributed by atoms with Gasteiger partial charge in [0.1, 0.15) is 5.82 Å². The zero-order valence-corrected chi connectivity index (χ0v) is 11.5. The van der Waals surface area contributed by atoms with E-state index in [0.29, 0.717) is 0 Å². The Morgan fingerprint density at radius 2 is 2.29 bits per heavy atom. The summed E-state index contributed by atoms with van der Waals surface area (Å²) in [5, 5.41) is 0. The van der Waals surface area contributed by atoms with E-state index in [1.54, 1.807) is 6.20 Å². The van der Waals surface area contributed by atoms with Gasteiger partial charge in [-0.05, 0) is 37.3 Å². The molecule has 1 atom stereocenters. The van der Waals surface area contributed by atoms with E-state index in [-0.39, 0.29) is 12.4 Å². The summed E-state index contributed by atoms with van der Waals surface area (Å²) >= 11 is 0. The molecule has 0 aromatic carbocycles. The van der Waals surface area contributed by atoms with Gasteiger partial charge >= 0.3 is 0 Å². The van der Waals surface area contributed by atoms with E-state index in [1.165, 1.54) is 24.8 Å². The number of hydrogen-bond donors (Lipinski definition) is 1. The van der Waals surface area contributed by atoms with Crippen molar-refractivity contribution in [3.05, 3.63) is 17.8 Å². The molecule has 1 aliphatic heterocycles. The van der Waals surface area contributed by atoms with Crippen LogP contribution in [0.4, 0.5) is 11.5 Å². The number of halogens is 1. The first-order valence-corrected chi connectivity index (χ1v) is 6.17. The second-order valence-electron chi connectivity index (χ2n) is 4.77. The molecule has 2 rings (SSSR count). The van der Waals surface area contributed by atoms with Crippen LogP contribution in [0.3, 0.4) is 0 Å². The Bertz CT molecular complexity index is 368. The fourth-order valence-corrected chi connectivity index (χ4v) is 2.51. The van der Waals surface area contributed by atoms with Crippen molar-refractivity contribution in [1.29, 1.82) is 0 Å².